The Kier molecular flexibility index (Phi) is 3.96. The summed E-state index contributed by atoms with van der Waals surface area (Å²) < 4.78 is 0.550. The number of rotatable bonds is 4. The molecule has 2 rings (SSSR count). The van der Waals surface area contributed by atoms with Gasteiger partial charge in [-0.05, 0) is 33.6 Å². The van der Waals surface area contributed by atoms with Gasteiger partial charge < -0.3 is 10.4 Å². The summed E-state index contributed by atoms with van der Waals surface area (Å²) in [6, 6.07) is 7.97. The predicted molar refractivity (Wildman–Crippen MR) is 74.0 cm³/mol. The van der Waals surface area contributed by atoms with Gasteiger partial charge in [0.1, 0.15) is 5.75 Å². The van der Waals surface area contributed by atoms with Crippen LogP contribution in [0.25, 0.3) is 0 Å². The van der Waals surface area contributed by atoms with Crippen molar-refractivity contribution in [2.45, 2.75) is 6.54 Å². The molecule has 0 amide bonds. The first kappa shape index (κ1) is 13.3. The molecule has 0 radical (unpaired) electrons. The molecule has 1 aromatic heterocycles. The molecule has 6 nitrogen and oxygen atoms in total. The van der Waals surface area contributed by atoms with Crippen LogP contribution in [-0.2, 0) is 6.54 Å². The molecule has 0 spiro atoms. The number of hydrogen-bond donors (Lipinski definition) is 2. The first-order valence-electron chi connectivity index (χ1n) is 5.38. The van der Waals surface area contributed by atoms with Crippen LogP contribution < -0.4 is 5.32 Å². The quantitative estimate of drug-likeness (QED) is 0.666. The highest BCUT2D eigenvalue weighted by Gasteiger charge is 2.15. The Balaban J connectivity index is 2.15. The second-order valence-electron chi connectivity index (χ2n) is 3.80. The number of hydrogen-bond acceptors (Lipinski definition) is 5. The van der Waals surface area contributed by atoms with Crippen molar-refractivity contribution in [2.24, 2.45) is 0 Å². The topological polar surface area (TPSA) is 88.3 Å². The molecule has 0 saturated heterocycles. The molecule has 0 aliphatic heterocycles. The molecular formula is C12H10BrN3O3. The highest BCUT2D eigenvalue weighted by Crippen LogP contribution is 2.25. The Bertz CT molecular complexity index is 602. The van der Waals surface area contributed by atoms with Gasteiger partial charge in [0.25, 0.3) is 0 Å². The van der Waals surface area contributed by atoms with Gasteiger partial charge in [0.15, 0.2) is 0 Å². The number of nitrogens with zero attached hydrogens (tertiary/aromatic N) is 2. The Morgan fingerprint density at radius 1 is 1.37 bits per heavy atom. The lowest BCUT2D eigenvalue weighted by Gasteiger charge is -2.06. The summed E-state index contributed by atoms with van der Waals surface area (Å²) in [5.41, 5.74) is 0.796. The number of phenols is 1. The fraction of sp³-hybridized carbons (Fsp3) is 0.0833. The smallest absolute Gasteiger partial charge is 0.312 e. The maximum absolute atomic E-state index is 10.9. The van der Waals surface area contributed by atoms with Gasteiger partial charge >= 0.3 is 5.69 Å². The highest BCUT2D eigenvalue weighted by molar-refractivity contribution is 9.10. The summed E-state index contributed by atoms with van der Waals surface area (Å²) in [5, 5.41) is 23.0. The summed E-state index contributed by atoms with van der Waals surface area (Å²) in [6.45, 7) is 0.385. The summed E-state index contributed by atoms with van der Waals surface area (Å²) in [7, 11) is 0. The van der Waals surface area contributed by atoms with E-state index in [1.54, 1.807) is 24.3 Å². The number of pyridine rings is 1. The van der Waals surface area contributed by atoms with Gasteiger partial charge in [-0.3, -0.25) is 10.1 Å². The van der Waals surface area contributed by atoms with Gasteiger partial charge in [-0.15, -0.1) is 0 Å². The number of aromatic nitrogens is 1. The van der Waals surface area contributed by atoms with Gasteiger partial charge in [-0.1, -0.05) is 12.1 Å². The minimum absolute atomic E-state index is 0.0897. The zero-order valence-electron chi connectivity index (χ0n) is 9.71. The van der Waals surface area contributed by atoms with Crippen LogP contribution in [0.15, 0.2) is 41.0 Å². The molecule has 2 aromatic rings. The van der Waals surface area contributed by atoms with E-state index in [2.05, 4.69) is 26.2 Å². The zero-order valence-corrected chi connectivity index (χ0v) is 11.3. The summed E-state index contributed by atoms with van der Waals surface area (Å²) in [4.78, 5) is 14.4. The molecule has 0 atom stereocenters. The van der Waals surface area contributed by atoms with E-state index in [1.807, 2.05) is 0 Å². The first-order valence-corrected chi connectivity index (χ1v) is 6.17. The van der Waals surface area contributed by atoms with E-state index < -0.39 is 4.92 Å². The lowest BCUT2D eigenvalue weighted by atomic mass is 10.2. The molecule has 0 bridgehead atoms. The number of nitro groups is 1. The second-order valence-corrected chi connectivity index (χ2v) is 4.71. The molecule has 0 aliphatic carbocycles. The molecule has 1 heterocycles. The van der Waals surface area contributed by atoms with Crippen LogP contribution >= 0.6 is 15.9 Å². The predicted octanol–water partition coefficient (Wildman–Crippen LogP) is 3.07. The van der Waals surface area contributed by atoms with Gasteiger partial charge in [0.05, 0.1) is 4.92 Å². The van der Waals surface area contributed by atoms with Crippen LogP contribution in [0.3, 0.4) is 0 Å². The minimum atomic E-state index is -0.489. The summed E-state index contributed by atoms with van der Waals surface area (Å²) in [5.74, 6) is 0.387. The maximum atomic E-state index is 10.9. The largest absolute Gasteiger partial charge is 0.508 e. The number of phenolic OH excluding ortho intramolecular Hbond substituents is 1. The summed E-state index contributed by atoms with van der Waals surface area (Å²) >= 11 is 3.15. The molecule has 0 fully saturated rings. The van der Waals surface area contributed by atoms with Gasteiger partial charge in [0.2, 0.25) is 5.82 Å². The van der Waals surface area contributed by atoms with Crippen molar-refractivity contribution in [2.75, 3.05) is 5.32 Å². The van der Waals surface area contributed by atoms with Crippen molar-refractivity contribution in [3.63, 3.8) is 0 Å². The van der Waals surface area contributed by atoms with E-state index in [4.69, 9.17) is 5.11 Å². The van der Waals surface area contributed by atoms with Crippen LogP contribution in [0.2, 0.25) is 0 Å². The Morgan fingerprint density at radius 3 is 2.68 bits per heavy atom. The third kappa shape index (κ3) is 3.41. The molecule has 0 unspecified atom stereocenters. The van der Waals surface area contributed by atoms with E-state index in [0.29, 0.717) is 11.0 Å². The summed E-state index contributed by atoms with van der Waals surface area (Å²) in [6.07, 6.45) is 1.49. The van der Waals surface area contributed by atoms with E-state index in [0.717, 1.165) is 5.56 Å². The fourth-order valence-corrected chi connectivity index (χ4v) is 1.82. The molecule has 0 saturated carbocycles. The molecule has 7 heteroatoms. The zero-order chi connectivity index (χ0) is 13.8. The van der Waals surface area contributed by atoms with Crippen LogP contribution in [-0.4, -0.2) is 15.0 Å². The van der Waals surface area contributed by atoms with Gasteiger partial charge in [-0.25, -0.2) is 4.98 Å². The van der Waals surface area contributed by atoms with Crippen LogP contribution in [0.1, 0.15) is 5.56 Å². The Hall–Kier alpha value is -2.15. The molecule has 98 valence electrons. The number of nitrogens with one attached hydrogen (secondary N) is 1. The third-order valence-corrected chi connectivity index (χ3v) is 2.86. The SMILES string of the molecule is O=[N+]([O-])c1cc(Br)cnc1NCc1ccc(O)cc1. The lowest BCUT2D eigenvalue weighted by Crippen LogP contribution is -2.04. The van der Waals surface area contributed by atoms with E-state index in [-0.39, 0.29) is 17.3 Å². The van der Waals surface area contributed by atoms with Gasteiger partial charge in [-0.2, -0.15) is 0 Å². The van der Waals surface area contributed by atoms with Crippen LogP contribution in [0.4, 0.5) is 11.5 Å². The monoisotopic (exact) mass is 323 g/mol. The Morgan fingerprint density at radius 2 is 2.05 bits per heavy atom. The molecule has 19 heavy (non-hydrogen) atoms. The van der Waals surface area contributed by atoms with E-state index in [9.17, 15) is 10.1 Å². The van der Waals surface area contributed by atoms with Crippen molar-refractivity contribution >= 4 is 27.4 Å². The average Bonchev–Trinajstić information content (AvgIpc) is 2.39. The molecule has 0 aliphatic rings. The highest BCUT2D eigenvalue weighted by atomic mass is 79.9. The molecular weight excluding hydrogens is 314 g/mol. The van der Waals surface area contributed by atoms with Crippen molar-refractivity contribution in [1.82, 2.24) is 4.98 Å². The van der Waals surface area contributed by atoms with Crippen molar-refractivity contribution < 1.29 is 10.0 Å². The number of halogens is 1. The van der Waals surface area contributed by atoms with E-state index in [1.165, 1.54) is 12.3 Å². The molecule has 2 N–H and O–H groups in total. The average molecular weight is 324 g/mol. The minimum Gasteiger partial charge on any atom is -0.508 e. The van der Waals surface area contributed by atoms with Gasteiger partial charge in [0, 0.05) is 23.3 Å². The van der Waals surface area contributed by atoms with Crippen molar-refractivity contribution in [3.05, 3.63) is 56.7 Å². The fourth-order valence-electron chi connectivity index (χ4n) is 1.50. The third-order valence-electron chi connectivity index (χ3n) is 2.43. The second kappa shape index (κ2) is 5.66. The van der Waals surface area contributed by atoms with Crippen molar-refractivity contribution in [3.8, 4) is 5.75 Å². The normalized spacial score (nSPS) is 10.2. The standard InChI is InChI=1S/C12H10BrN3O3/c13-9-5-11(16(18)19)12(15-7-9)14-6-8-1-3-10(17)4-2-8/h1-5,7,17H,6H2,(H,14,15). The van der Waals surface area contributed by atoms with Crippen molar-refractivity contribution in [1.29, 1.82) is 0 Å². The number of anilines is 1. The number of benzene rings is 1. The maximum Gasteiger partial charge on any atom is 0.312 e. The first-order chi connectivity index (χ1) is 9.06. The van der Waals surface area contributed by atoms with Crippen LogP contribution in [0.5, 0.6) is 5.75 Å². The Labute approximate surface area is 117 Å². The number of aromatic hydroxyl groups is 1. The molecule has 1 aromatic carbocycles. The lowest BCUT2D eigenvalue weighted by molar-refractivity contribution is -0.384. The van der Waals surface area contributed by atoms with Crippen LogP contribution in [0, 0.1) is 10.1 Å². The van der Waals surface area contributed by atoms with E-state index >= 15 is 0 Å².